The fourth-order valence-corrected chi connectivity index (χ4v) is 4.65. The molecule has 3 aliphatic rings. The minimum atomic E-state index is 0.690. The van der Waals surface area contributed by atoms with Crippen LogP contribution >= 0.6 is 0 Å². The molecule has 2 aromatic heterocycles. The second-order valence-corrected chi connectivity index (χ2v) is 8.84. The summed E-state index contributed by atoms with van der Waals surface area (Å²) in [5, 5.41) is 8.16. The molecule has 0 spiro atoms. The summed E-state index contributed by atoms with van der Waals surface area (Å²) in [4.78, 5) is 2.45. The molecule has 0 bridgehead atoms. The SMILES string of the molecule is C1=CCCC(C2=COC=C(c3ccc(-n4ncc(CN5CCNCC5)c4-c4ccco4)cc3)O2)=C1. The molecular weight excluding hydrogens is 440 g/mol. The maximum Gasteiger partial charge on any atom is 0.169 e. The van der Waals surface area contributed by atoms with E-state index in [0.29, 0.717) is 5.76 Å². The van der Waals surface area contributed by atoms with Crippen LogP contribution in [-0.2, 0) is 16.0 Å². The molecule has 7 nitrogen and oxygen atoms in total. The molecule has 0 unspecified atom stereocenters. The Labute approximate surface area is 204 Å². The molecule has 6 rings (SSSR count). The zero-order chi connectivity index (χ0) is 23.5. The number of furan rings is 1. The van der Waals surface area contributed by atoms with Crippen LogP contribution in [0.4, 0.5) is 0 Å². The van der Waals surface area contributed by atoms with Crippen molar-refractivity contribution >= 4 is 5.76 Å². The van der Waals surface area contributed by atoms with E-state index in [1.807, 2.05) is 47.3 Å². The standard InChI is InChI=1S/C28H28N4O3/c1-2-5-21(6-3-1)26-19-33-20-27(35-26)22-8-10-24(11-9-22)32-28(25-7-4-16-34-25)23(17-30-32)18-31-14-12-29-13-15-31/h1-2,4-5,7-11,16-17,19-20,29H,3,6,12-15,18H2. The van der Waals surface area contributed by atoms with E-state index in [1.54, 1.807) is 18.8 Å². The Kier molecular flexibility index (Phi) is 6.09. The van der Waals surface area contributed by atoms with Crippen LogP contribution in [0.1, 0.15) is 24.0 Å². The zero-order valence-corrected chi connectivity index (χ0v) is 19.5. The summed E-state index contributed by atoms with van der Waals surface area (Å²) in [7, 11) is 0. The molecule has 0 radical (unpaired) electrons. The zero-order valence-electron chi connectivity index (χ0n) is 19.5. The van der Waals surface area contributed by atoms with Crippen molar-refractivity contribution in [3.8, 4) is 17.1 Å². The monoisotopic (exact) mass is 468 g/mol. The fourth-order valence-electron chi connectivity index (χ4n) is 4.65. The first-order valence-electron chi connectivity index (χ1n) is 12.1. The van der Waals surface area contributed by atoms with E-state index in [4.69, 9.17) is 19.0 Å². The van der Waals surface area contributed by atoms with Gasteiger partial charge in [-0.05, 0) is 54.8 Å². The van der Waals surface area contributed by atoms with E-state index < -0.39 is 0 Å². The van der Waals surface area contributed by atoms with Gasteiger partial charge in [0.15, 0.2) is 17.3 Å². The van der Waals surface area contributed by atoms with E-state index in [9.17, 15) is 0 Å². The van der Waals surface area contributed by atoms with Crippen LogP contribution in [0.15, 0.2) is 95.4 Å². The van der Waals surface area contributed by atoms with Crippen molar-refractivity contribution in [3.63, 3.8) is 0 Å². The molecule has 1 N–H and O–H groups in total. The van der Waals surface area contributed by atoms with E-state index in [2.05, 4.69) is 28.4 Å². The normalized spacial score (nSPS) is 18.3. The number of nitrogens with one attached hydrogen (secondary N) is 1. The van der Waals surface area contributed by atoms with Gasteiger partial charge >= 0.3 is 0 Å². The van der Waals surface area contributed by atoms with Gasteiger partial charge in [-0.3, -0.25) is 4.90 Å². The predicted molar refractivity (Wildman–Crippen MR) is 134 cm³/mol. The highest BCUT2D eigenvalue weighted by Crippen LogP contribution is 2.32. The Bertz CT molecular complexity index is 1290. The van der Waals surface area contributed by atoms with Crippen molar-refractivity contribution in [2.24, 2.45) is 0 Å². The van der Waals surface area contributed by atoms with Crippen molar-refractivity contribution in [3.05, 3.63) is 102 Å². The lowest BCUT2D eigenvalue weighted by atomic mass is 10.0. The first-order valence-corrected chi connectivity index (χ1v) is 12.1. The maximum absolute atomic E-state index is 6.18. The third-order valence-corrected chi connectivity index (χ3v) is 6.50. The molecule has 4 heterocycles. The number of piperazine rings is 1. The van der Waals surface area contributed by atoms with Crippen LogP contribution in [0, 0.1) is 0 Å². The van der Waals surface area contributed by atoms with Crippen molar-refractivity contribution in [1.82, 2.24) is 20.0 Å². The number of rotatable bonds is 6. The van der Waals surface area contributed by atoms with Crippen LogP contribution < -0.4 is 5.32 Å². The van der Waals surface area contributed by atoms with Crippen LogP contribution in [-0.4, -0.2) is 40.9 Å². The van der Waals surface area contributed by atoms with Gasteiger partial charge in [-0.25, -0.2) is 4.68 Å². The third kappa shape index (κ3) is 4.60. The van der Waals surface area contributed by atoms with Crippen LogP contribution in [0.5, 0.6) is 0 Å². The van der Waals surface area contributed by atoms with E-state index >= 15 is 0 Å². The first kappa shape index (κ1) is 21.7. The summed E-state index contributed by atoms with van der Waals surface area (Å²) >= 11 is 0. The van der Waals surface area contributed by atoms with Crippen LogP contribution in [0.25, 0.3) is 22.9 Å². The Balaban J connectivity index is 1.25. The molecular formula is C28H28N4O3. The maximum atomic E-state index is 6.18. The highest BCUT2D eigenvalue weighted by molar-refractivity contribution is 5.64. The van der Waals surface area contributed by atoms with E-state index in [0.717, 1.165) is 85.2 Å². The Morgan fingerprint density at radius 1 is 1.00 bits per heavy atom. The summed E-state index contributed by atoms with van der Waals surface area (Å²) in [5.74, 6) is 2.27. The summed E-state index contributed by atoms with van der Waals surface area (Å²) in [6, 6.07) is 12.1. The van der Waals surface area contributed by atoms with Crippen molar-refractivity contribution in [1.29, 1.82) is 0 Å². The minimum Gasteiger partial charge on any atom is -0.465 e. The predicted octanol–water partition coefficient (Wildman–Crippen LogP) is 5.00. The summed E-state index contributed by atoms with van der Waals surface area (Å²) in [6.45, 7) is 4.92. The topological polar surface area (TPSA) is 64.7 Å². The molecule has 178 valence electrons. The fraction of sp³-hybridized carbons (Fsp3) is 0.250. The van der Waals surface area contributed by atoms with Gasteiger partial charge in [-0.2, -0.15) is 5.10 Å². The highest BCUT2D eigenvalue weighted by Gasteiger charge is 2.21. The lowest BCUT2D eigenvalue weighted by Crippen LogP contribution is -2.42. The molecule has 1 aromatic carbocycles. The van der Waals surface area contributed by atoms with Crippen molar-refractivity contribution < 1.29 is 13.9 Å². The van der Waals surface area contributed by atoms with Gasteiger partial charge in [0, 0.05) is 43.9 Å². The molecule has 35 heavy (non-hydrogen) atoms. The molecule has 3 aromatic rings. The van der Waals surface area contributed by atoms with Gasteiger partial charge in [-0.1, -0.05) is 18.2 Å². The van der Waals surface area contributed by atoms with Gasteiger partial charge in [0.1, 0.15) is 18.2 Å². The molecule has 0 amide bonds. The first-order chi connectivity index (χ1) is 17.3. The van der Waals surface area contributed by atoms with Crippen molar-refractivity contribution in [2.45, 2.75) is 19.4 Å². The number of ether oxygens (including phenoxy) is 2. The van der Waals surface area contributed by atoms with E-state index in [1.165, 1.54) is 0 Å². The van der Waals surface area contributed by atoms with Crippen LogP contribution in [0.3, 0.4) is 0 Å². The second-order valence-electron chi connectivity index (χ2n) is 8.84. The minimum absolute atomic E-state index is 0.690. The highest BCUT2D eigenvalue weighted by atomic mass is 16.5. The second kappa shape index (κ2) is 9.82. The number of nitrogens with zero attached hydrogens (tertiary/aromatic N) is 3. The Hall–Kier alpha value is -3.81. The molecule has 1 saturated heterocycles. The summed E-state index contributed by atoms with van der Waals surface area (Å²) in [6.07, 6.45) is 15.2. The lowest BCUT2D eigenvalue weighted by Gasteiger charge is -2.27. The molecule has 2 aliphatic heterocycles. The lowest BCUT2D eigenvalue weighted by molar-refractivity contribution is 0.233. The smallest absolute Gasteiger partial charge is 0.169 e. The van der Waals surface area contributed by atoms with Gasteiger partial charge < -0.3 is 19.2 Å². The van der Waals surface area contributed by atoms with Gasteiger partial charge in [0.05, 0.1) is 18.1 Å². The third-order valence-electron chi connectivity index (χ3n) is 6.50. The molecule has 0 saturated carbocycles. The van der Waals surface area contributed by atoms with Gasteiger partial charge in [0.25, 0.3) is 0 Å². The van der Waals surface area contributed by atoms with E-state index in [-0.39, 0.29) is 0 Å². The largest absolute Gasteiger partial charge is 0.465 e. The van der Waals surface area contributed by atoms with Crippen LogP contribution in [0.2, 0.25) is 0 Å². The summed E-state index contributed by atoms with van der Waals surface area (Å²) in [5.41, 5.74) is 5.19. The van der Waals surface area contributed by atoms with Gasteiger partial charge in [-0.15, -0.1) is 0 Å². The average Bonchev–Trinajstić information content (AvgIpc) is 3.60. The quantitative estimate of drug-likeness (QED) is 0.549. The average molecular weight is 469 g/mol. The molecule has 1 fully saturated rings. The Morgan fingerprint density at radius 3 is 2.63 bits per heavy atom. The number of benzene rings is 1. The number of hydrogen-bond acceptors (Lipinski definition) is 6. The van der Waals surface area contributed by atoms with Gasteiger partial charge in [0.2, 0.25) is 0 Å². The number of hydrogen-bond donors (Lipinski definition) is 1. The Morgan fingerprint density at radius 2 is 1.86 bits per heavy atom. The number of aromatic nitrogens is 2. The van der Waals surface area contributed by atoms with Crippen molar-refractivity contribution in [2.75, 3.05) is 26.2 Å². The summed E-state index contributed by atoms with van der Waals surface area (Å²) < 4.78 is 19.5. The molecule has 0 atom stereocenters. The molecule has 7 heteroatoms. The molecule has 1 aliphatic carbocycles. The number of allylic oxidation sites excluding steroid dienone is 4.